The van der Waals surface area contributed by atoms with Crippen molar-refractivity contribution >= 4 is 23.1 Å². The lowest BCUT2D eigenvalue weighted by molar-refractivity contribution is 0.793. The molecule has 3 heteroatoms. The Balaban J connectivity index is 1.75. The molecule has 1 aliphatic rings. The molecule has 0 fully saturated rings. The van der Waals surface area contributed by atoms with E-state index >= 15 is 0 Å². The molecule has 0 bridgehead atoms. The molecule has 1 aliphatic heterocycles. The molecule has 0 spiro atoms. The van der Waals surface area contributed by atoms with Gasteiger partial charge in [0.25, 0.3) is 0 Å². The van der Waals surface area contributed by atoms with Crippen LogP contribution in [0.1, 0.15) is 52.3 Å². The Morgan fingerprint density at radius 3 is 2.76 bits per heavy atom. The zero-order chi connectivity index (χ0) is 14.7. The van der Waals surface area contributed by atoms with Crippen LogP contribution in [0, 0.1) is 0 Å². The number of nitrogens with two attached hydrogens (primary N) is 1. The van der Waals surface area contributed by atoms with Crippen LogP contribution in [0.15, 0.2) is 30.3 Å². The van der Waals surface area contributed by atoms with Crippen LogP contribution in [0.3, 0.4) is 0 Å². The quantitative estimate of drug-likeness (QED) is 0.846. The van der Waals surface area contributed by atoms with Crippen molar-refractivity contribution in [2.24, 2.45) is 5.73 Å². The van der Waals surface area contributed by atoms with Crippen LogP contribution < -0.4 is 5.73 Å². The molecule has 2 aromatic rings. The van der Waals surface area contributed by atoms with Gasteiger partial charge in [0.1, 0.15) is 0 Å². The molecule has 21 heavy (non-hydrogen) atoms. The molecule has 1 aromatic heterocycles. The van der Waals surface area contributed by atoms with E-state index < -0.39 is 0 Å². The number of unbranched alkanes of at least 4 members (excludes halogenated alkanes) is 1. The first-order chi connectivity index (χ1) is 10.3. The van der Waals surface area contributed by atoms with Gasteiger partial charge in [0.05, 0.1) is 6.04 Å². The second kappa shape index (κ2) is 6.99. The number of thioether (sulfide) groups is 1. The Labute approximate surface area is 136 Å². The van der Waals surface area contributed by atoms with Crippen LogP contribution in [0.4, 0.5) is 0 Å². The lowest BCUT2D eigenvalue weighted by atomic mass is 10.0. The SMILES string of the molecule is CCCCc1ccc(C(N)c2cc3c(s2)CCSC3)cc1. The molecular weight excluding hydrogens is 294 g/mol. The van der Waals surface area contributed by atoms with Crippen molar-refractivity contribution in [2.45, 2.75) is 44.4 Å². The van der Waals surface area contributed by atoms with Gasteiger partial charge in [-0.3, -0.25) is 0 Å². The molecule has 2 N–H and O–H groups in total. The van der Waals surface area contributed by atoms with Crippen molar-refractivity contribution in [3.05, 3.63) is 56.8 Å². The van der Waals surface area contributed by atoms with E-state index in [1.807, 2.05) is 23.1 Å². The Bertz CT molecular complexity index is 562. The fraction of sp³-hybridized carbons (Fsp3) is 0.444. The summed E-state index contributed by atoms with van der Waals surface area (Å²) in [6.07, 6.45) is 4.91. The molecule has 0 amide bonds. The molecule has 112 valence electrons. The van der Waals surface area contributed by atoms with Crippen LogP contribution in [-0.2, 0) is 18.6 Å². The molecule has 1 atom stereocenters. The number of benzene rings is 1. The van der Waals surface area contributed by atoms with Gasteiger partial charge in [0, 0.05) is 15.5 Å². The van der Waals surface area contributed by atoms with Gasteiger partial charge >= 0.3 is 0 Å². The number of thiophene rings is 1. The summed E-state index contributed by atoms with van der Waals surface area (Å²) in [5, 5.41) is 0. The molecule has 0 saturated carbocycles. The molecule has 0 saturated heterocycles. The van der Waals surface area contributed by atoms with E-state index in [2.05, 4.69) is 37.3 Å². The first-order valence-electron chi connectivity index (χ1n) is 7.81. The van der Waals surface area contributed by atoms with Gasteiger partial charge in [-0.05, 0) is 47.8 Å². The number of hydrogen-bond donors (Lipinski definition) is 1. The predicted octanol–water partition coefficient (Wildman–Crippen LogP) is 4.93. The summed E-state index contributed by atoms with van der Waals surface area (Å²) in [5.74, 6) is 2.42. The van der Waals surface area contributed by atoms with E-state index in [9.17, 15) is 0 Å². The maximum Gasteiger partial charge on any atom is 0.0646 e. The summed E-state index contributed by atoms with van der Waals surface area (Å²) in [7, 11) is 0. The monoisotopic (exact) mass is 317 g/mol. The van der Waals surface area contributed by atoms with E-state index in [1.165, 1.54) is 53.0 Å². The zero-order valence-electron chi connectivity index (χ0n) is 12.6. The maximum absolute atomic E-state index is 6.48. The van der Waals surface area contributed by atoms with Gasteiger partial charge in [-0.1, -0.05) is 37.6 Å². The lowest BCUT2D eigenvalue weighted by Crippen LogP contribution is -2.10. The number of hydrogen-bond acceptors (Lipinski definition) is 3. The average molecular weight is 318 g/mol. The summed E-state index contributed by atoms with van der Waals surface area (Å²) in [6.45, 7) is 2.24. The Morgan fingerprint density at radius 2 is 2.05 bits per heavy atom. The van der Waals surface area contributed by atoms with Gasteiger partial charge < -0.3 is 5.73 Å². The predicted molar refractivity (Wildman–Crippen MR) is 95.3 cm³/mol. The summed E-state index contributed by atoms with van der Waals surface area (Å²) < 4.78 is 0. The van der Waals surface area contributed by atoms with Crippen molar-refractivity contribution in [2.75, 3.05) is 5.75 Å². The third kappa shape index (κ3) is 3.53. The largest absolute Gasteiger partial charge is 0.320 e. The molecule has 1 unspecified atom stereocenters. The van der Waals surface area contributed by atoms with Gasteiger partial charge in [-0.25, -0.2) is 0 Å². The van der Waals surface area contributed by atoms with Gasteiger partial charge in [-0.15, -0.1) is 11.3 Å². The van der Waals surface area contributed by atoms with Crippen LogP contribution in [-0.4, -0.2) is 5.75 Å². The van der Waals surface area contributed by atoms with Crippen LogP contribution in [0.2, 0.25) is 0 Å². The highest BCUT2D eigenvalue weighted by atomic mass is 32.2. The third-order valence-corrected chi connectivity index (χ3v) is 6.44. The smallest absolute Gasteiger partial charge is 0.0646 e. The number of fused-ring (bicyclic) bond motifs is 1. The molecule has 2 heterocycles. The van der Waals surface area contributed by atoms with Crippen LogP contribution in [0.25, 0.3) is 0 Å². The Kier molecular flexibility index (Phi) is 5.04. The van der Waals surface area contributed by atoms with Gasteiger partial charge in [-0.2, -0.15) is 11.8 Å². The molecule has 0 aliphatic carbocycles. The van der Waals surface area contributed by atoms with E-state index in [1.54, 1.807) is 4.88 Å². The van der Waals surface area contributed by atoms with Crippen molar-refractivity contribution in [1.82, 2.24) is 0 Å². The number of aryl methyl sites for hydroxylation is 2. The average Bonchev–Trinajstić information content (AvgIpc) is 2.96. The highest BCUT2D eigenvalue weighted by Crippen LogP contribution is 2.35. The van der Waals surface area contributed by atoms with E-state index in [4.69, 9.17) is 5.73 Å². The maximum atomic E-state index is 6.48. The first-order valence-corrected chi connectivity index (χ1v) is 9.78. The number of rotatable bonds is 5. The summed E-state index contributed by atoms with van der Waals surface area (Å²) in [4.78, 5) is 2.88. The molecule has 1 nitrogen and oxygen atoms in total. The van der Waals surface area contributed by atoms with Crippen molar-refractivity contribution in [3.8, 4) is 0 Å². The second-order valence-electron chi connectivity index (χ2n) is 5.72. The second-order valence-corrected chi connectivity index (χ2v) is 8.00. The van der Waals surface area contributed by atoms with E-state index in [0.717, 1.165) is 5.75 Å². The third-order valence-electron chi connectivity index (χ3n) is 4.11. The lowest BCUT2D eigenvalue weighted by Gasteiger charge is -2.11. The highest BCUT2D eigenvalue weighted by Gasteiger charge is 2.18. The van der Waals surface area contributed by atoms with Gasteiger partial charge in [0.2, 0.25) is 0 Å². The fourth-order valence-corrected chi connectivity index (χ4v) is 5.17. The van der Waals surface area contributed by atoms with Crippen molar-refractivity contribution < 1.29 is 0 Å². The Morgan fingerprint density at radius 1 is 1.24 bits per heavy atom. The minimum atomic E-state index is 0.0332. The molecule has 3 rings (SSSR count). The standard InChI is InChI=1S/C18H23NS2/c1-2-3-4-13-5-7-14(8-6-13)18(19)17-11-15-12-20-10-9-16(15)21-17/h5-8,11,18H,2-4,9-10,12,19H2,1H3. The zero-order valence-corrected chi connectivity index (χ0v) is 14.2. The first kappa shape index (κ1) is 15.1. The highest BCUT2D eigenvalue weighted by molar-refractivity contribution is 7.98. The summed E-state index contributed by atoms with van der Waals surface area (Å²) in [6, 6.07) is 11.3. The summed E-state index contributed by atoms with van der Waals surface area (Å²) >= 11 is 3.95. The topological polar surface area (TPSA) is 26.0 Å². The molecule has 1 aromatic carbocycles. The van der Waals surface area contributed by atoms with E-state index in [0.29, 0.717) is 0 Å². The van der Waals surface area contributed by atoms with E-state index in [-0.39, 0.29) is 6.04 Å². The molecular formula is C18H23NS2. The van der Waals surface area contributed by atoms with Crippen LogP contribution >= 0.6 is 23.1 Å². The van der Waals surface area contributed by atoms with Gasteiger partial charge in [0.15, 0.2) is 0 Å². The normalized spacial score (nSPS) is 15.7. The fourth-order valence-electron chi connectivity index (χ4n) is 2.76. The van der Waals surface area contributed by atoms with Crippen molar-refractivity contribution in [1.29, 1.82) is 0 Å². The summed E-state index contributed by atoms with van der Waals surface area (Å²) in [5.41, 5.74) is 10.7. The minimum absolute atomic E-state index is 0.0332. The molecule has 0 radical (unpaired) electrons. The van der Waals surface area contributed by atoms with Crippen LogP contribution in [0.5, 0.6) is 0 Å². The van der Waals surface area contributed by atoms with Crippen molar-refractivity contribution in [3.63, 3.8) is 0 Å². The Hall–Kier alpha value is -0.770. The minimum Gasteiger partial charge on any atom is -0.320 e.